The predicted octanol–water partition coefficient (Wildman–Crippen LogP) is 8.36. The molecular formula is C31H20N2. The Morgan fingerprint density at radius 1 is 0.515 bits per heavy atom. The summed E-state index contributed by atoms with van der Waals surface area (Å²) in [5.41, 5.74) is 5.60. The monoisotopic (exact) mass is 420 g/mol. The summed E-state index contributed by atoms with van der Waals surface area (Å²) in [7, 11) is 0. The second-order valence-corrected chi connectivity index (χ2v) is 8.54. The second kappa shape index (κ2) is 7.04. The normalized spacial score (nSPS) is 11.6. The van der Waals surface area contributed by atoms with E-state index in [9.17, 15) is 0 Å². The minimum absolute atomic E-state index is 0.910. The van der Waals surface area contributed by atoms with E-state index in [1.54, 1.807) is 0 Å². The maximum absolute atomic E-state index is 5.09. The number of imidazole rings is 1. The zero-order valence-corrected chi connectivity index (χ0v) is 17.9. The van der Waals surface area contributed by atoms with Crippen LogP contribution in [0.1, 0.15) is 0 Å². The maximum atomic E-state index is 5.09. The molecule has 1 heterocycles. The molecule has 0 aliphatic heterocycles. The lowest BCUT2D eigenvalue weighted by molar-refractivity contribution is 1.35. The fourth-order valence-electron chi connectivity index (χ4n) is 5.04. The van der Waals surface area contributed by atoms with E-state index in [4.69, 9.17) is 4.98 Å². The van der Waals surface area contributed by atoms with E-state index in [-0.39, 0.29) is 0 Å². The van der Waals surface area contributed by atoms with Crippen LogP contribution in [0.2, 0.25) is 0 Å². The summed E-state index contributed by atoms with van der Waals surface area (Å²) in [5.74, 6) is 0.910. The molecule has 0 aliphatic carbocycles. The van der Waals surface area contributed by atoms with Crippen molar-refractivity contribution in [2.24, 2.45) is 0 Å². The molecule has 6 aromatic carbocycles. The smallest absolute Gasteiger partial charge is 0.139 e. The highest BCUT2D eigenvalue weighted by atomic mass is 14.9. The first-order valence-electron chi connectivity index (χ1n) is 11.2. The molecule has 7 aromatic rings. The molecule has 0 spiro atoms. The minimum Gasteiger partial charge on any atom is -0.338 e. The van der Waals surface area contributed by atoms with Crippen molar-refractivity contribution < 1.29 is 0 Å². The van der Waals surface area contributed by atoms with Crippen molar-refractivity contribution in [3.8, 4) is 22.5 Å². The molecule has 0 aliphatic rings. The van der Waals surface area contributed by atoms with Crippen molar-refractivity contribution in [1.82, 2.24) is 9.97 Å². The largest absolute Gasteiger partial charge is 0.338 e. The third kappa shape index (κ3) is 2.85. The van der Waals surface area contributed by atoms with Crippen molar-refractivity contribution >= 4 is 43.4 Å². The number of hydrogen-bond donors (Lipinski definition) is 1. The highest BCUT2D eigenvalue weighted by molar-refractivity contribution is 6.12. The van der Waals surface area contributed by atoms with Gasteiger partial charge in [-0.05, 0) is 61.6 Å². The number of hydrogen-bond acceptors (Lipinski definition) is 1. The molecule has 2 nitrogen and oxygen atoms in total. The van der Waals surface area contributed by atoms with Crippen LogP contribution in [-0.4, -0.2) is 9.97 Å². The van der Waals surface area contributed by atoms with Crippen LogP contribution in [0.5, 0.6) is 0 Å². The number of nitrogens with one attached hydrogen (secondary N) is 1. The van der Waals surface area contributed by atoms with Gasteiger partial charge in [-0.3, -0.25) is 0 Å². The van der Waals surface area contributed by atoms with Crippen molar-refractivity contribution in [2.45, 2.75) is 0 Å². The number of H-pyrrole nitrogens is 1. The quantitative estimate of drug-likeness (QED) is 0.280. The molecule has 0 saturated heterocycles. The molecule has 0 unspecified atom stereocenters. The molecule has 0 amide bonds. The van der Waals surface area contributed by atoms with Gasteiger partial charge in [0.1, 0.15) is 5.82 Å². The fraction of sp³-hybridized carbons (Fsp3) is 0. The number of nitrogens with zero attached hydrogens (tertiary/aromatic N) is 1. The lowest BCUT2D eigenvalue weighted by Gasteiger charge is -2.09. The van der Waals surface area contributed by atoms with Crippen LogP contribution in [0.4, 0.5) is 0 Å². The first-order chi connectivity index (χ1) is 16.3. The van der Waals surface area contributed by atoms with Crippen molar-refractivity contribution in [2.75, 3.05) is 0 Å². The summed E-state index contributed by atoms with van der Waals surface area (Å²) >= 11 is 0. The van der Waals surface area contributed by atoms with Gasteiger partial charge in [-0.2, -0.15) is 0 Å². The van der Waals surface area contributed by atoms with Crippen molar-refractivity contribution in [3.05, 3.63) is 115 Å². The van der Waals surface area contributed by atoms with E-state index in [0.29, 0.717) is 0 Å². The molecule has 33 heavy (non-hydrogen) atoms. The summed E-state index contributed by atoms with van der Waals surface area (Å²) in [5, 5.41) is 7.38. The summed E-state index contributed by atoms with van der Waals surface area (Å²) in [6.07, 6.45) is 0. The predicted molar refractivity (Wildman–Crippen MR) is 139 cm³/mol. The zero-order valence-electron chi connectivity index (χ0n) is 17.9. The van der Waals surface area contributed by atoms with E-state index in [2.05, 4.69) is 120 Å². The maximum Gasteiger partial charge on any atom is 0.139 e. The number of benzene rings is 6. The van der Waals surface area contributed by atoms with Crippen LogP contribution in [0, 0.1) is 0 Å². The first-order valence-corrected chi connectivity index (χ1v) is 11.2. The first kappa shape index (κ1) is 18.2. The zero-order chi connectivity index (χ0) is 21.8. The number of aromatic nitrogens is 2. The van der Waals surface area contributed by atoms with E-state index >= 15 is 0 Å². The van der Waals surface area contributed by atoms with Gasteiger partial charge in [-0.15, -0.1) is 0 Å². The third-order valence-corrected chi connectivity index (χ3v) is 6.59. The van der Waals surface area contributed by atoms with Gasteiger partial charge in [0, 0.05) is 5.56 Å². The van der Waals surface area contributed by atoms with Gasteiger partial charge in [0.15, 0.2) is 0 Å². The Bertz CT molecular complexity index is 1770. The van der Waals surface area contributed by atoms with E-state index < -0.39 is 0 Å². The van der Waals surface area contributed by atoms with Crippen LogP contribution in [-0.2, 0) is 0 Å². The molecule has 0 atom stereocenters. The lowest BCUT2D eigenvalue weighted by Crippen LogP contribution is -1.87. The molecule has 0 saturated carbocycles. The Kier molecular flexibility index (Phi) is 3.88. The van der Waals surface area contributed by atoms with Crippen molar-refractivity contribution in [3.63, 3.8) is 0 Å². The summed E-state index contributed by atoms with van der Waals surface area (Å²) < 4.78 is 0. The highest BCUT2D eigenvalue weighted by Gasteiger charge is 2.14. The van der Waals surface area contributed by atoms with E-state index in [1.165, 1.54) is 43.4 Å². The summed E-state index contributed by atoms with van der Waals surface area (Å²) in [6, 6.07) is 40.9. The molecule has 0 bridgehead atoms. The average Bonchev–Trinajstić information content (AvgIpc) is 3.29. The second-order valence-electron chi connectivity index (χ2n) is 8.54. The van der Waals surface area contributed by atoms with Gasteiger partial charge in [-0.25, -0.2) is 4.98 Å². The SMILES string of the molecule is c1ccc2c(-c3ccc4[nH]c(-c5c6ccccc6cc6ccccc56)nc4c3)cccc2c1. The topological polar surface area (TPSA) is 28.7 Å². The van der Waals surface area contributed by atoms with Gasteiger partial charge in [-0.1, -0.05) is 97.1 Å². The minimum atomic E-state index is 0.910. The Morgan fingerprint density at radius 2 is 1.15 bits per heavy atom. The van der Waals surface area contributed by atoms with Gasteiger partial charge in [0.25, 0.3) is 0 Å². The molecule has 7 rings (SSSR count). The average molecular weight is 421 g/mol. The fourth-order valence-corrected chi connectivity index (χ4v) is 5.04. The van der Waals surface area contributed by atoms with Crippen LogP contribution in [0.25, 0.3) is 65.9 Å². The van der Waals surface area contributed by atoms with Crippen molar-refractivity contribution in [1.29, 1.82) is 0 Å². The number of rotatable bonds is 2. The Labute approximate surface area is 191 Å². The Morgan fingerprint density at radius 3 is 1.91 bits per heavy atom. The molecule has 0 fully saturated rings. The summed E-state index contributed by atoms with van der Waals surface area (Å²) in [6.45, 7) is 0. The summed E-state index contributed by atoms with van der Waals surface area (Å²) in [4.78, 5) is 8.69. The van der Waals surface area contributed by atoms with Crippen LogP contribution >= 0.6 is 0 Å². The van der Waals surface area contributed by atoms with Gasteiger partial charge >= 0.3 is 0 Å². The van der Waals surface area contributed by atoms with Crippen LogP contribution in [0.15, 0.2) is 115 Å². The van der Waals surface area contributed by atoms with Crippen LogP contribution in [0.3, 0.4) is 0 Å². The standard InChI is InChI=1S/C31H20N2/c1-4-12-24-20(8-1)11-7-15-25(24)23-16-17-28-29(19-23)33-31(32-28)30-26-13-5-2-9-21(26)18-22-10-3-6-14-27(22)30/h1-19H,(H,32,33). The third-order valence-electron chi connectivity index (χ3n) is 6.59. The number of aromatic amines is 1. The Hall–Kier alpha value is -4.43. The molecule has 0 radical (unpaired) electrons. The number of fused-ring (bicyclic) bond motifs is 4. The van der Waals surface area contributed by atoms with E-state index in [0.717, 1.165) is 22.4 Å². The molecular weight excluding hydrogens is 400 g/mol. The van der Waals surface area contributed by atoms with Gasteiger partial charge in [0.2, 0.25) is 0 Å². The molecule has 2 heteroatoms. The van der Waals surface area contributed by atoms with Gasteiger partial charge < -0.3 is 4.98 Å². The van der Waals surface area contributed by atoms with E-state index in [1.807, 2.05) is 0 Å². The highest BCUT2D eigenvalue weighted by Crippen LogP contribution is 2.37. The molecule has 1 N–H and O–H groups in total. The molecule has 1 aromatic heterocycles. The van der Waals surface area contributed by atoms with Crippen LogP contribution < -0.4 is 0 Å². The Balaban J connectivity index is 1.47. The molecule has 154 valence electrons. The lowest BCUT2D eigenvalue weighted by atomic mass is 9.96. The van der Waals surface area contributed by atoms with Gasteiger partial charge in [0.05, 0.1) is 11.0 Å².